The fourth-order valence-electron chi connectivity index (χ4n) is 1.77. The van der Waals surface area contributed by atoms with Crippen LogP contribution in [0.3, 0.4) is 0 Å². The predicted molar refractivity (Wildman–Crippen MR) is 47.4 cm³/mol. The van der Waals surface area contributed by atoms with Crippen molar-refractivity contribution >= 4 is 0 Å². The molecule has 0 saturated heterocycles. The lowest BCUT2D eigenvalue weighted by Crippen LogP contribution is -2.32. The van der Waals surface area contributed by atoms with E-state index in [0.29, 0.717) is 0 Å². The Kier molecular flexibility index (Phi) is 2.72. The van der Waals surface area contributed by atoms with Crippen LogP contribution in [0.2, 0.25) is 0 Å². The van der Waals surface area contributed by atoms with E-state index in [1.54, 1.807) is 0 Å². The highest BCUT2D eigenvalue weighted by Gasteiger charge is 2.29. The summed E-state index contributed by atoms with van der Waals surface area (Å²) in [6.45, 7) is 5.92. The normalized spacial score (nSPS) is 38.5. The van der Waals surface area contributed by atoms with Gasteiger partial charge in [-0.25, -0.2) is 0 Å². The first-order valence-corrected chi connectivity index (χ1v) is 4.49. The van der Waals surface area contributed by atoms with Crippen LogP contribution in [0, 0.1) is 5.92 Å². The van der Waals surface area contributed by atoms with Crippen molar-refractivity contribution in [3.8, 4) is 0 Å². The maximum Gasteiger partial charge on any atom is 0.0682 e. The molecule has 0 atom stereocenters. The van der Waals surface area contributed by atoms with Crippen molar-refractivity contribution in [1.82, 2.24) is 0 Å². The predicted octanol–water partition coefficient (Wildman–Crippen LogP) is 2.50. The van der Waals surface area contributed by atoms with Gasteiger partial charge in [-0.15, -0.1) is 6.58 Å². The second-order valence-corrected chi connectivity index (χ2v) is 3.90. The summed E-state index contributed by atoms with van der Waals surface area (Å²) in [6, 6.07) is 0. The molecule has 0 radical (unpaired) electrons. The highest BCUT2D eigenvalue weighted by molar-refractivity contribution is 4.89. The molecule has 0 aliphatic heterocycles. The summed E-state index contributed by atoms with van der Waals surface area (Å²) in [4.78, 5) is 0. The number of rotatable bonds is 2. The Labute approximate surface area is 69.1 Å². The first-order valence-electron chi connectivity index (χ1n) is 4.49. The molecule has 1 saturated carbocycles. The summed E-state index contributed by atoms with van der Waals surface area (Å²) in [6.07, 6.45) is 6.85. The third-order valence-corrected chi connectivity index (χ3v) is 2.73. The molecule has 0 aromatic heterocycles. The van der Waals surface area contributed by atoms with Crippen molar-refractivity contribution in [2.75, 3.05) is 0 Å². The van der Waals surface area contributed by atoms with E-state index in [1.807, 2.05) is 6.08 Å². The van der Waals surface area contributed by atoms with Gasteiger partial charge in [0.2, 0.25) is 0 Å². The van der Waals surface area contributed by atoms with Gasteiger partial charge in [0.25, 0.3) is 0 Å². The van der Waals surface area contributed by atoms with Crippen LogP contribution in [0.5, 0.6) is 0 Å². The van der Waals surface area contributed by atoms with Gasteiger partial charge < -0.3 is 5.11 Å². The summed E-state index contributed by atoms with van der Waals surface area (Å²) >= 11 is 0. The average Bonchev–Trinajstić information content (AvgIpc) is 1.97. The molecule has 11 heavy (non-hydrogen) atoms. The highest BCUT2D eigenvalue weighted by atomic mass is 16.3. The molecule has 0 aromatic rings. The Morgan fingerprint density at radius 1 is 1.55 bits per heavy atom. The first kappa shape index (κ1) is 8.79. The highest BCUT2D eigenvalue weighted by Crippen LogP contribution is 2.33. The minimum Gasteiger partial charge on any atom is -0.390 e. The van der Waals surface area contributed by atoms with Crippen molar-refractivity contribution in [3.63, 3.8) is 0 Å². The van der Waals surface area contributed by atoms with Crippen LogP contribution in [-0.2, 0) is 0 Å². The molecule has 1 aliphatic carbocycles. The van der Waals surface area contributed by atoms with E-state index in [1.165, 1.54) is 12.8 Å². The van der Waals surface area contributed by atoms with Gasteiger partial charge in [-0.3, -0.25) is 0 Å². The maximum absolute atomic E-state index is 9.92. The van der Waals surface area contributed by atoms with Crippen molar-refractivity contribution in [2.24, 2.45) is 5.92 Å². The molecule has 0 unspecified atom stereocenters. The van der Waals surface area contributed by atoms with Gasteiger partial charge in [-0.05, 0) is 38.0 Å². The standard InChI is InChI=1S/C10H18O/c1-3-6-10(11)7-4-9(2)5-8-10/h3,9,11H,1,4-8H2,2H3. The zero-order chi connectivity index (χ0) is 8.32. The van der Waals surface area contributed by atoms with Crippen molar-refractivity contribution in [1.29, 1.82) is 0 Å². The van der Waals surface area contributed by atoms with Crippen molar-refractivity contribution < 1.29 is 5.11 Å². The molecular weight excluding hydrogens is 136 g/mol. The molecule has 0 spiro atoms. The molecule has 0 bridgehead atoms. The van der Waals surface area contributed by atoms with E-state index >= 15 is 0 Å². The van der Waals surface area contributed by atoms with Gasteiger partial charge in [0.1, 0.15) is 0 Å². The molecule has 0 heterocycles. The first-order chi connectivity index (χ1) is 5.16. The summed E-state index contributed by atoms with van der Waals surface area (Å²) in [7, 11) is 0. The van der Waals surface area contributed by atoms with Gasteiger partial charge in [0.15, 0.2) is 0 Å². The van der Waals surface area contributed by atoms with Gasteiger partial charge in [0, 0.05) is 0 Å². The lowest BCUT2D eigenvalue weighted by Gasteiger charge is -2.34. The van der Waals surface area contributed by atoms with Gasteiger partial charge in [0.05, 0.1) is 5.60 Å². The molecule has 1 heteroatoms. The zero-order valence-electron chi connectivity index (χ0n) is 7.34. The number of hydrogen-bond acceptors (Lipinski definition) is 1. The van der Waals surface area contributed by atoms with Crippen molar-refractivity contribution in [2.45, 2.75) is 44.6 Å². The van der Waals surface area contributed by atoms with Crippen LogP contribution < -0.4 is 0 Å². The lowest BCUT2D eigenvalue weighted by atomic mass is 9.78. The van der Waals surface area contributed by atoms with Gasteiger partial charge in [-0.2, -0.15) is 0 Å². The van der Waals surface area contributed by atoms with Gasteiger partial charge in [-0.1, -0.05) is 13.0 Å². The third-order valence-electron chi connectivity index (χ3n) is 2.73. The summed E-state index contributed by atoms with van der Waals surface area (Å²) in [5.41, 5.74) is -0.408. The molecule has 0 amide bonds. The molecule has 0 aromatic carbocycles. The molecule has 1 nitrogen and oxygen atoms in total. The molecule has 1 aliphatic rings. The molecule has 1 fully saturated rings. The van der Waals surface area contributed by atoms with Crippen LogP contribution in [0.1, 0.15) is 39.0 Å². The average molecular weight is 154 g/mol. The van der Waals surface area contributed by atoms with E-state index in [0.717, 1.165) is 25.2 Å². The third kappa shape index (κ3) is 2.33. The number of aliphatic hydroxyl groups is 1. The van der Waals surface area contributed by atoms with Crippen LogP contribution in [0.4, 0.5) is 0 Å². The molecule has 1 N–H and O–H groups in total. The fraction of sp³-hybridized carbons (Fsp3) is 0.800. The smallest absolute Gasteiger partial charge is 0.0682 e. The summed E-state index contributed by atoms with van der Waals surface area (Å²) < 4.78 is 0. The van der Waals surface area contributed by atoms with E-state index < -0.39 is 5.60 Å². The summed E-state index contributed by atoms with van der Waals surface area (Å²) in [5, 5.41) is 9.92. The quantitative estimate of drug-likeness (QED) is 0.606. The largest absolute Gasteiger partial charge is 0.390 e. The van der Waals surface area contributed by atoms with E-state index in [2.05, 4.69) is 13.5 Å². The maximum atomic E-state index is 9.92. The van der Waals surface area contributed by atoms with E-state index in [4.69, 9.17) is 0 Å². The van der Waals surface area contributed by atoms with Gasteiger partial charge >= 0.3 is 0 Å². The fourth-order valence-corrected chi connectivity index (χ4v) is 1.77. The van der Waals surface area contributed by atoms with Crippen LogP contribution in [-0.4, -0.2) is 10.7 Å². The topological polar surface area (TPSA) is 20.2 Å². The van der Waals surface area contributed by atoms with E-state index in [-0.39, 0.29) is 0 Å². The monoisotopic (exact) mass is 154 g/mol. The second kappa shape index (κ2) is 3.40. The molecule has 1 rings (SSSR count). The van der Waals surface area contributed by atoms with Crippen LogP contribution in [0.15, 0.2) is 12.7 Å². The lowest BCUT2D eigenvalue weighted by molar-refractivity contribution is -0.00426. The van der Waals surface area contributed by atoms with E-state index in [9.17, 15) is 5.11 Å². The van der Waals surface area contributed by atoms with Crippen molar-refractivity contribution in [3.05, 3.63) is 12.7 Å². The molecular formula is C10H18O. The van der Waals surface area contributed by atoms with Crippen LogP contribution in [0.25, 0.3) is 0 Å². The summed E-state index contributed by atoms with van der Waals surface area (Å²) in [5.74, 6) is 0.806. The number of hydrogen-bond donors (Lipinski definition) is 1. The molecule has 64 valence electrons. The Morgan fingerprint density at radius 2 is 2.09 bits per heavy atom. The minimum absolute atomic E-state index is 0.408. The minimum atomic E-state index is -0.408. The zero-order valence-corrected chi connectivity index (χ0v) is 7.34. The second-order valence-electron chi connectivity index (χ2n) is 3.90. The Hall–Kier alpha value is -0.300. The SMILES string of the molecule is C=CCC1(O)CCC(C)CC1. The Balaban J connectivity index is 2.41. The van der Waals surface area contributed by atoms with Crippen LogP contribution >= 0.6 is 0 Å². The Morgan fingerprint density at radius 3 is 2.55 bits per heavy atom. The Bertz CT molecular complexity index is 132.